The lowest BCUT2D eigenvalue weighted by Gasteiger charge is -2.09. The average Bonchev–Trinajstić information content (AvgIpc) is 2.31. The van der Waals surface area contributed by atoms with Gasteiger partial charge in [-0.25, -0.2) is 0 Å². The second kappa shape index (κ2) is 7.59. The van der Waals surface area contributed by atoms with Gasteiger partial charge in [-0.15, -0.1) is 11.6 Å². The number of carbonyl (C=O) groups excluding carboxylic acids is 1. The minimum atomic E-state index is -0.0457. The number of benzene rings is 1. The largest absolute Gasteiger partial charge is 0.352 e. The summed E-state index contributed by atoms with van der Waals surface area (Å²) in [5.74, 6) is -0.0457. The van der Waals surface area contributed by atoms with E-state index in [0.29, 0.717) is 12.1 Å². The van der Waals surface area contributed by atoms with Crippen LogP contribution in [0, 0.1) is 3.57 Å². The predicted octanol–water partition coefficient (Wildman–Crippen LogP) is 4.19. The van der Waals surface area contributed by atoms with E-state index in [0.717, 1.165) is 20.9 Å². The van der Waals surface area contributed by atoms with Gasteiger partial charge in [0.1, 0.15) is 0 Å². The van der Waals surface area contributed by atoms with Crippen LogP contribution in [-0.2, 0) is 0 Å². The van der Waals surface area contributed by atoms with Crippen LogP contribution in [0.25, 0.3) is 0 Å². The summed E-state index contributed by atoms with van der Waals surface area (Å²) in [4.78, 5) is 11.9. The minimum Gasteiger partial charge on any atom is -0.352 e. The Labute approximate surface area is 129 Å². The molecule has 0 aromatic heterocycles. The minimum absolute atomic E-state index is 0.0457. The van der Waals surface area contributed by atoms with Crippen LogP contribution in [0.15, 0.2) is 22.7 Å². The maximum atomic E-state index is 11.9. The number of rotatable bonds is 5. The summed E-state index contributed by atoms with van der Waals surface area (Å²) in [6.45, 7) is 2.65. The van der Waals surface area contributed by atoms with Crippen LogP contribution >= 0.6 is 50.1 Å². The summed E-state index contributed by atoms with van der Waals surface area (Å²) in [5.41, 5.74) is 0.697. The van der Waals surface area contributed by atoms with Gasteiger partial charge in [-0.2, -0.15) is 0 Å². The van der Waals surface area contributed by atoms with Gasteiger partial charge in [0, 0.05) is 20.0 Å². The van der Waals surface area contributed by atoms with Crippen LogP contribution < -0.4 is 5.32 Å². The summed E-state index contributed by atoms with van der Waals surface area (Å²) in [6, 6.07) is 5.66. The molecule has 0 fully saturated rings. The molecular weight excluding hydrogens is 416 g/mol. The zero-order chi connectivity index (χ0) is 12.8. The lowest BCUT2D eigenvalue weighted by atomic mass is 10.2. The standard InChI is InChI=1S/C12H14BrClINO/c1-2-9(14)5-6-16-12(17)10-7-8(13)3-4-11(10)15/h3-4,7,9H,2,5-6H2,1H3,(H,16,17). The summed E-state index contributed by atoms with van der Waals surface area (Å²) in [5, 5.41) is 3.02. The fraction of sp³-hybridized carbons (Fsp3) is 0.417. The van der Waals surface area contributed by atoms with Crippen molar-refractivity contribution in [3.8, 4) is 0 Å². The summed E-state index contributed by atoms with van der Waals surface area (Å²) in [7, 11) is 0. The Hall–Kier alpha value is 0.190. The van der Waals surface area contributed by atoms with Crippen molar-refractivity contribution >= 4 is 56.0 Å². The Kier molecular flexibility index (Phi) is 6.80. The van der Waals surface area contributed by atoms with E-state index in [2.05, 4.69) is 43.8 Å². The second-order valence-electron chi connectivity index (χ2n) is 3.67. The highest BCUT2D eigenvalue weighted by Crippen LogP contribution is 2.18. The van der Waals surface area contributed by atoms with Crippen molar-refractivity contribution in [2.45, 2.75) is 25.1 Å². The first-order valence-corrected chi connectivity index (χ1v) is 7.72. The first-order valence-electron chi connectivity index (χ1n) is 5.42. The van der Waals surface area contributed by atoms with Gasteiger partial charge in [0.05, 0.1) is 5.56 Å². The van der Waals surface area contributed by atoms with Gasteiger partial charge in [0.25, 0.3) is 5.91 Å². The fourth-order valence-corrected chi connectivity index (χ4v) is 2.36. The molecule has 0 saturated carbocycles. The van der Waals surface area contributed by atoms with Crippen molar-refractivity contribution in [1.82, 2.24) is 5.32 Å². The number of halogens is 3. The maximum absolute atomic E-state index is 11.9. The van der Waals surface area contributed by atoms with E-state index < -0.39 is 0 Å². The molecule has 0 aliphatic rings. The van der Waals surface area contributed by atoms with Gasteiger partial charge >= 0.3 is 0 Å². The van der Waals surface area contributed by atoms with Crippen molar-refractivity contribution in [3.05, 3.63) is 31.8 Å². The molecule has 5 heteroatoms. The van der Waals surface area contributed by atoms with Crippen molar-refractivity contribution in [2.75, 3.05) is 6.54 Å². The molecule has 0 radical (unpaired) electrons. The van der Waals surface area contributed by atoms with Gasteiger partial charge in [-0.05, 0) is 53.6 Å². The molecule has 2 nitrogen and oxygen atoms in total. The molecule has 0 bridgehead atoms. The third kappa shape index (κ3) is 5.14. The Bertz CT molecular complexity index is 400. The van der Waals surface area contributed by atoms with E-state index in [9.17, 15) is 4.79 Å². The average molecular weight is 431 g/mol. The van der Waals surface area contributed by atoms with Crippen LogP contribution in [0.3, 0.4) is 0 Å². The van der Waals surface area contributed by atoms with Crippen LogP contribution in [0.5, 0.6) is 0 Å². The molecule has 1 rings (SSSR count). The summed E-state index contributed by atoms with van der Waals surface area (Å²) >= 11 is 11.5. The van der Waals surface area contributed by atoms with E-state index in [4.69, 9.17) is 11.6 Å². The highest BCUT2D eigenvalue weighted by atomic mass is 127. The third-order valence-electron chi connectivity index (χ3n) is 2.36. The monoisotopic (exact) mass is 429 g/mol. The molecule has 1 amide bonds. The highest BCUT2D eigenvalue weighted by molar-refractivity contribution is 14.1. The van der Waals surface area contributed by atoms with Crippen LogP contribution in [0.2, 0.25) is 0 Å². The van der Waals surface area contributed by atoms with E-state index >= 15 is 0 Å². The zero-order valence-electron chi connectivity index (χ0n) is 9.47. The number of nitrogens with one attached hydrogen (secondary N) is 1. The molecule has 94 valence electrons. The molecule has 0 spiro atoms. The van der Waals surface area contributed by atoms with E-state index in [1.165, 1.54) is 0 Å². The Morgan fingerprint density at radius 1 is 1.59 bits per heavy atom. The van der Waals surface area contributed by atoms with Gasteiger partial charge in [0.2, 0.25) is 0 Å². The maximum Gasteiger partial charge on any atom is 0.252 e. The summed E-state index contributed by atoms with van der Waals surface area (Å²) < 4.78 is 1.85. The first kappa shape index (κ1) is 15.2. The number of hydrogen-bond donors (Lipinski definition) is 1. The number of alkyl halides is 1. The molecule has 1 unspecified atom stereocenters. The lowest BCUT2D eigenvalue weighted by molar-refractivity contribution is 0.0952. The third-order valence-corrected chi connectivity index (χ3v) is 4.32. The zero-order valence-corrected chi connectivity index (χ0v) is 14.0. The summed E-state index contributed by atoms with van der Waals surface area (Å²) in [6.07, 6.45) is 1.72. The molecular formula is C12H14BrClINO. The molecule has 17 heavy (non-hydrogen) atoms. The van der Waals surface area contributed by atoms with Crippen LogP contribution in [-0.4, -0.2) is 17.8 Å². The fourth-order valence-electron chi connectivity index (χ4n) is 1.31. The first-order chi connectivity index (χ1) is 8.04. The smallest absolute Gasteiger partial charge is 0.252 e. The predicted molar refractivity (Wildman–Crippen MR) is 83.7 cm³/mol. The van der Waals surface area contributed by atoms with Crippen molar-refractivity contribution in [1.29, 1.82) is 0 Å². The van der Waals surface area contributed by atoms with Crippen LogP contribution in [0.4, 0.5) is 0 Å². The Balaban J connectivity index is 2.55. The second-order valence-corrected chi connectivity index (χ2v) is 6.37. The van der Waals surface area contributed by atoms with Crippen LogP contribution in [0.1, 0.15) is 30.1 Å². The topological polar surface area (TPSA) is 29.1 Å². The lowest BCUT2D eigenvalue weighted by Crippen LogP contribution is -2.26. The van der Waals surface area contributed by atoms with Gasteiger partial charge < -0.3 is 5.32 Å². The van der Waals surface area contributed by atoms with Crippen molar-refractivity contribution in [3.63, 3.8) is 0 Å². The van der Waals surface area contributed by atoms with Crippen molar-refractivity contribution in [2.24, 2.45) is 0 Å². The molecule has 1 aromatic rings. The SMILES string of the molecule is CCC(Cl)CCNC(=O)c1cc(Br)ccc1I. The molecule has 1 N–H and O–H groups in total. The quantitative estimate of drug-likeness (QED) is 0.551. The van der Waals surface area contributed by atoms with E-state index in [-0.39, 0.29) is 11.3 Å². The molecule has 1 atom stereocenters. The Morgan fingerprint density at radius 2 is 2.29 bits per heavy atom. The molecule has 0 saturated heterocycles. The normalized spacial score (nSPS) is 12.2. The Morgan fingerprint density at radius 3 is 2.94 bits per heavy atom. The highest BCUT2D eigenvalue weighted by Gasteiger charge is 2.10. The number of amides is 1. The number of carbonyl (C=O) groups is 1. The number of hydrogen-bond acceptors (Lipinski definition) is 1. The molecule has 0 aliphatic heterocycles. The molecule has 0 aliphatic carbocycles. The van der Waals surface area contributed by atoms with E-state index in [1.807, 2.05) is 25.1 Å². The van der Waals surface area contributed by atoms with E-state index in [1.54, 1.807) is 0 Å². The van der Waals surface area contributed by atoms with Gasteiger partial charge in [0.15, 0.2) is 0 Å². The molecule has 0 heterocycles. The van der Waals surface area contributed by atoms with Crippen molar-refractivity contribution < 1.29 is 4.79 Å². The van der Waals surface area contributed by atoms with Gasteiger partial charge in [-0.1, -0.05) is 22.9 Å². The van der Waals surface area contributed by atoms with Gasteiger partial charge in [-0.3, -0.25) is 4.79 Å². The molecule has 1 aromatic carbocycles.